The van der Waals surface area contributed by atoms with Crippen LogP contribution in [0, 0.1) is 6.92 Å². The van der Waals surface area contributed by atoms with Crippen LogP contribution < -0.4 is 0 Å². The van der Waals surface area contributed by atoms with E-state index in [-0.39, 0.29) is 16.8 Å². The maximum absolute atomic E-state index is 12.4. The Bertz CT molecular complexity index is 953. The van der Waals surface area contributed by atoms with Crippen LogP contribution in [0.3, 0.4) is 0 Å². The Kier molecular flexibility index (Phi) is 2.82. The van der Waals surface area contributed by atoms with E-state index in [0.717, 1.165) is 0 Å². The van der Waals surface area contributed by atoms with Gasteiger partial charge in [0.1, 0.15) is 0 Å². The normalized spacial score (nSPS) is 13.7. The van der Waals surface area contributed by atoms with Gasteiger partial charge in [0.25, 0.3) is 11.8 Å². The summed E-state index contributed by atoms with van der Waals surface area (Å²) in [6.07, 6.45) is 1.68. The first-order chi connectivity index (χ1) is 11.1. The van der Waals surface area contributed by atoms with Gasteiger partial charge in [-0.25, -0.2) is 9.78 Å². The van der Waals surface area contributed by atoms with E-state index in [4.69, 9.17) is 4.84 Å². The van der Waals surface area contributed by atoms with Gasteiger partial charge in [-0.1, -0.05) is 17.2 Å². The molecular formula is C15H9N3O4S. The average Bonchev–Trinajstić information content (AvgIpc) is 3.16. The molecule has 114 valence electrons. The first kappa shape index (κ1) is 13.6. The van der Waals surface area contributed by atoms with Gasteiger partial charge in [-0.3, -0.25) is 14.0 Å². The molecule has 7 nitrogen and oxygen atoms in total. The highest BCUT2D eigenvalue weighted by molar-refractivity contribution is 7.15. The van der Waals surface area contributed by atoms with Crippen LogP contribution in [0.2, 0.25) is 0 Å². The van der Waals surface area contributed by atoms with Crippen molar-refractivity contribution in [1.29, 1.82) is 0 Å². The van der Waals surface area contributed by atoms with Gasteiger partial charge in [-0.05, 0) is 19.1 Å². The third-order valence-corrected chi connectivity index (χ3v) is 4.32. The number of imide groups is 1. The molecule has 0 spiro atoms. The number of thiazole rings is 1. The molecule has 0 fully saturated rings. The van der Waals surface area contributed by atoms with Crippen LogP contribution in [0.15, 0.2) is 35.8 Å². The van der Waals surface area contributed by atoms with E-state index in [2.05, 4.69) is 4.98 Å². The zero-order valence-corrected chi connectivity index (χ0v) is 12.7. The zero-order chi connectivity index (χ0) is 16.1. The lowest BCUT2D eigenvalue weighted by Crippen LogP contribution is -2.33. The SMILES string of the molecule is Cc1nc2sccn2c1C(=O)ON1C(=O)c2ccccc2C1=O. The van der Waals surface area contributed by atoms with Gasteiger partial charge in [-0.15, -0.1) is 11.3 Å². The van der Waals surface area contributed by atoms with Crippen molar-refractivity contribution in [3.8, 4) is 0 Å². The standard InChI is InChI=1S/C15H9N3O4S/c1-8-11(17-6-7-23-15(17)16-8)14(21)22-18-12(19)9-4-2-3-5-10(9)13(18)20/h2-7H,1H3. The number of hydrogen-bond acceptors (Lipinski definition) is 6. The summed E-state index contributed by atoms with van der Waals surface area (Å²) < 4.78 is 1.57. The molecule has 3 heterocycles. The van der Waals surface area contributed by atoms with Gasteiger partial charge in [-0.2, -0.15) is 0 Å². The van der Waals surface area contributed by atoms with Crippen LogP contribution in [-0.4, -0.2) is 32.2 Å². The summed E-state index contributed by atoms with van der Waals surface area (Å²) >= 11 is 1.37. The lowest BCUT2D eigenvalue weighted by molar-refractivity contribution is -0.0589. The summed E-state index contributed by atoms with van der Waals surface area (Å²) in [7, 11) is 0. The number of nitrogens with zero attached hydrogens (tertiary/aromatic N) is 3. The molecule has 0 aliphatic carbocycles. The van der Waals surface area contributed by atoms with E-state index < -0.39 is 17.8 Å². The van der Waals surface area contributed by atoms with Crippen molar-refractivity contribution in [2.24, 2.45) is 0 Å². The second-order valence-electron chi connectivity index (χ2n) is 4.93. The number of hydrogen-bond donors (Lipinski definition) is 0. The molecular weight excluding hydrogens is 318 g/mol. The Hall–Kier alpha value is -3.00. The average molecular weight is 327 g/mol. The van der Waals surface area contributed by atoms with E-state index in [9.17, 15) is 14.4 Å². The number of imidazole rings is 1. The zero-order valence-electron chi connectivity index (χ0n) is 11.8. The molecule has 0 bridgehead atoms. The fourth-order valence-electron chi connectivity index (χ4n) is 2.52. The highest BCUT2D eigenvalue weighted by Gasteiger charge is 2.39. The molecule has 8 heteroatoms. The fraction of sp³-hybridized carbons (Fsp3) is 0.0667. The minimum Gasteiger partial charge on any atom is -0.322 e. The summed E-state index contributed by atoms with van der Waals surface area (Å²) in [6.45, 7) is 1.67. The molecule has 1 aromatic carbocycles. The van der Waals surface area contributed by atoms with Crippen LogP contribution in [0.4, 0.5) is 0 Å². The number of hydroxylamine groups is 2. The molecule has 0 saturated heterocycles. The van der Waals surface area contributed by atoms with Gasteiger partial charge >= 0.3 is 5.97 Å². The number of rotatable bonds is 2. The van der Waals surface area contributed by atoms with Crippen molar-refractivity contribution in [1.82, 2.24) is 14.4 Å². The highest BCUT2D eigenvalue weighted by atomic mass is 32.1. The summed E-state index contributed by atoms with van der Waals surface area (Å²) in [6, 6.07) is 6.33. The molecule has 1 aliphatic heterocycles. The van der Waals surface area contributed by atoms with Gasteiger partial charge < -0.3 is 4.84 Å². The minimum absolute atomic E-state index is 0.192. The Morgan fingerprint density at radius 3 is 2.48 bits per heavy atom. The quantitative estimate of drug-likeness (QED) is 0.673. The third kappa shape index (κ3) is 1.88. The van der Waals surface area contributed by atoms with Crippen LogP contribution in [0.5, 0.6) is 0 Å². The maximum atomic E-state index is 12.4. The van der Waals surface area contributed by atoms with Crippen LogP contribution in [0.25, 0.3) is 4.96 Å². The fourth-order valence-corrected chi connectivity index (χ4v) is 3.28. The molecule has 3 aromatic rings. The lowest BCUT2D eigenvalue weighted by atomic mass is 10.1. The molecule has 2 amide bonds. The molecule has 0 radical (unpaired) electrons. The van der Waals surface area contributed by atoms with E-state index in [0.29, 0.717) is 15.7 Å². The molecule has 0 N–H and O–H groups in total. The second kappa shape index (κ2) is 4.75. The number of carbonyl (C=O) groups excluding carboxylic acids is 3. The first-order valence-electron chi connectivity index (χ1n) is 6.70. The highest BCUT2D eigenvalue weighted by Crippen LogP contribution is 2.24. The minimum atomic E-state index is -0.803. The molecule has 0 saturated carbocycles. The van der Waals surface area contributed by atoms with Crippen molar-refractivity contribution >= 4 is 34.1 Å². The van der Waals surface area contributed by atoms with E-state index >= 15 is 0 Å². The molecule has 0 unspecified atom stereocenters. The second-order valence-corrected chi connectivity index (χ2v) is 5.80. The molecule has 0 atom stereocenters. The third-order valence-electron chi connectivity index (χ3n) is 3.56. The molecule has 23 heavy (non-hydrogen) atoms. The Balaban J connectivity index is 1.68. The maximum Gasteiger partial charge on any atom is 0.382 e. The predicted octanol–water partition coefficient (Wildman–Crippen LogP) is 2.07. The van der Waals surface area contributed by atoms with Gasteiger partial charge in [0.15, 0.2) is 10.7 Å². The largest absolute Gasteiger partial charge is 0.382 e. The summed E-state index contributed by atoms with van der Waals surface area (Å²) in [5, 5.41) is 2.28. The molecule has 2 aromatic heterocycles. The summed E-state index contributed by atoms with van der Waals surface area (Å²) in [4.78, 5) is 46.8. The topological polar surface area (TPSA) is 81.0 Å². The lowest BCUT2D eigenvalue weighted by Gasteiger charge is -2.12. The first-order valence-corrected chi connectivity index (χ1v) is 7.58. The van der Waals surface area contributed by atoms with Crippen LogP contribution in [0.1, 0.15) is 36.9 Å². The van der Waals surface area contributed by atoms with Gasteiger partial charge in [0.2, 0.25) is 0 Å². The number of aryl methyl sites for hydroxylation is 1. The number of amides is 2. The molecule has 4 rings (SSSR count). The van der Waals surface area contributed by atoms with Crippen molar-refractivity contribution in [3.63, 3.8) is 0 Å². The van der Waals surface area contributed by atoms with Crippen LogP contribution >= 0.6 is 11.3 Å². The van der Waals surface area contributed by atoms with E-state index in [1.54, 1.807) is 35.0 Å². The van der Waals surface area contributed by atoms with Crippen LogP contribution in [-0.2, 0) is 4.84 Å². The monoisotopic (exact) mass is 327 g/mol. The van der Waals surface area contributed by atoms with Crippen molar-refractivity contribution < 1.29 is 19.2 Å². The van der Waals surface area contributed by atoms with Crippen molar-refractivity contribution in [2.45, 2.75) is 6.92 Å². The smallest absolute Gasteiger partial charge is 0.322 e. The Morgan fingerprint density at radius 1 is 1.17 bits per heavy atom. The van der Waals surface area contributed by atoms with Gasteiger partial charge in [0.05, 0.1) is 16.8 Å². The van der Waals surface area contributed by atoms with E-state index in [1.807, 2.05) is 0 Å². The van der Waals surface area contributed by atoms with E-state index in [1.165, 1.54) is 23.5 Å². The van der Waals surface area contributed by atoms with Gasteiger partial charge in [0, 0.05) is 11.6 Å². The summed E-state index contributed by atoms with van der Waals surface area (Å²) in [5.41, 5.74) is 1.10. The number of carbonyl (C=O) groups is 3. The number of fused-ring (bicyclic) bond motifs is 2. The number of benzene rings is 1. The Morgan fingerprint density at radius 2 is 1.83 bits per heavy atom. The molecule has 1 aliphatic rings. The van der Waals surface area contributed by atoms with Crippen molar-refractivity contribution in [2.75, 3.05) is 0 Å². The predicted molar refractivity (Wildman–Crippen MR) is 80.2 cm³/mol. The van der Waals surface area contributed by atoms with Crippen molar-refractivity contribution in [3.05, 3.63) is 58.4 Å². The Labute approximate surface area is 133 Å². The number of aromatic nitrogens is 2. The summed E-state index contributed by atoms with van der Waals surface area (Å²) in [5.74, 6) is -2.10.